The fourth-order valence-electron chi connectivity index (χ4n) is 1.22. The summed E-state index contributed by atoms with van der Waals surface area (Å²) in [6.45, 7) is 11.5. The second kappa shape index (κ2) is 6.40. The maximum absolute atomic E-state index is 5.49. The number of nitrogens with zero attached hydrogens (tertiary/aromatic N) is 1. The number of hydrogen-bond donors (Lipinski definition) is 1. The molecule has 1 N–H and O–H groups in total. The zero-order valence-corrected chi connectivity index (χ0v) is 11.0. The van der Waals surface area contributed by atoms with Crippen LogP contribution in [0.3, 0.4) is 0 Å². The second-order valence-corrected chi connectivity index (χ2v) is 5.01. The van der Waals surface area contributed by atoms with Gasteiger partial charge in [-0.3, -0.25) is 4.98 Å². The van der Waals surface area contributed by atoms with Gasteiger partial charge in [0.05, 0.1) is 18.5 Å². The third kappa shape index (κ3) is 6.07. The van der Waals surface area contributed by atoms with Crippen LogP contribution in [0.25, 0.3) is 0 Å². The lowest BCUT2D eigenvalue weighted by atomic mass is 10.1. The lowest BCUT2D eigenvalue weighted by Gasteiger charge is -2.20. The van der Waals surface area contributed by atoms with E-state index in [-0.39, 0.29) is 5.54 Å². The molecule has 3 heteroatoms. The summed E-state index contributed by atoms with van der Waals surface area (Å²) < 4.78 is 5.49. The van der Waals surface area contributed by atoms with Crippen molar-refractivity contribution in [2.45, 2.75) is 39.3 Å². The van der Waals surface area contributed by atoms with Gasteiger partial charge in [0.25, 0.3) is 0 Å². The Labute approximate surface area is 104 Å². The molecule has 0 saturated carbocycles. The third-order valence-electron chi connectivity index (χ3n) is 2.19. The zero-order valence-electron chi connectivity index (χ0n) is 11.0. The van der Waals surface area contributed by atoms with Crippen molar-refractivity contribution in [1.82, 2.24) is 10.3 Å². The van der Waals surface area contributed by atoms with Crippen LogP contribution < -0.4 is 10.1 Å². The summed E-state index contributed by atoms with van der Waals surface area (Å²) in [5.41, 5.74) is 1.14. The topological polar surface area (TPSA) is 34.1 Å². The largest absolute Gasteiger partial charge is 0.492 e. The Kier molecular flexibility index (Phi) is 5.16. The minimum atomic E-state index is 0.112. The fraction of sp³-hybridized carbons (Fsp3) is 0.500. The van der Waals surface area contributed by atoms with Gasteiger partial charge < -0.3 is 10.1 Å². The highest BCUT2D eigenvalue weighted by atomic mass is 16.5. The van der Waals surface area contributed by atoms with Crippen molar-refractivity contribution in [2.24, 2.45) is 0 Å². The Morgan fingerprint density at radius 3 is 2.71 bits per heavy atom. The molecule has 1 aromatic heterocycles. The summed E-state index contributed by atoms with van der Waals surface area (Å²) >= 11 is 0. The first-order chi connectivity index (χ1) is 8.01. The van der Waals surface area contributed by atoms with Gasteiger partial charge in [0.2, 0.25) is 0 Å². The first-order valence-corrected chi connectivity index (χ1v) is 5.95. The smallest absolute Gasteiger partial charge is 0.137 e. The van der Waals surface area contributed by atoms with Gasteiger partial charge in [-0.2, -0.15) is 0 Å². The molecule has 0 amide bonds. The van der Waals surface area contributed by atoms with Crippen molar-refractivity contribution in [1.29, 1.82) is 0 Å². The van der Waals surface area contributed by atoms with Gasteiger partial charge in [-0.1, -0.05) is 6.08 Å². The van der Waals surface area contributed by atoms with E-state index < -0.39 is 0 Å². The minimum absolute atomic E-state index is 0.112. The molecule has 0 radical (unpaired) electrons. The van der Waals surface area contributed by atoms with Crippen molar-refractivity contribution in [3.8, 4) is 5.75 Å². The van der Waals surface area contributed by atoms with Crippen LogP contribution in [-0.4, -0.2) is 17.1 Å². The van der Waals surface area contributed by atoms with E-state index in [4.69, 9.17) is 4.74 Å². The number of aromatic nitrogens is 1. The van der Waals surface area contributed by atoms with Crippen LogP contribution in [0.5, 0.6) is 5.75 Å². The molecule has 0 spiro atoms. The molecule has 1 heterocycles. The lowest BCUT2D eigenvalue weighted by molar-refractivity contribution is 0.323. The molecule has 17 heavy (non-hydrogen) atoms. The highest BCUT2D eigenvalue weighted by Crippen LogP contribution is 2.10. The van der Waals surface area contributed by atoms with E-state index in [1.165, 1.54) is 0 Å². The average molecular weight is 234 g/mol. The van der Waals surface area contributed by atoms with E-state index in [0.717, 1.165) is 24.4 Å². The Balaban J connectivity index is 2.42. The van der Waals surface area contributed by atoms with Crippen molar-refractivity contribution in [3.05, 3.63) is 36.7 Å². The number of nitrogens with one attached hydrogen (secondary N) is 1. The summed E-state index contributed by atoms with van der Waals surface area (Å²) in [5.74, 6) is 0.811. The van der Waals surface area contributed by atoms with Gasteiger partial charge in [0.1, 0.15) is 5.75 Å². The summed E-state index contributed by atoms with van der Waals surface area (Å²) in [4.78, 5) is 4.35. The van der Waals surface area contributed by atoms with Crippen LogP contribution >= 0.6 is 0 Å². The fourth-order valence-corrected chi connectivity index (χ4v) is 1.22. The van der Waals surface area contributed by atoms with Crippen molar-refractivity contribution in [3.63, 3.8) is 0 Å². The Morgan fingerprint density at radius 1 is 1.41 bits per heavy atom. The van der Waals surface area contributed by atoms with Crippen LogP contribution in [0.4, 0.5) is 0 Å². The van der Waals surface area contributed by atoms with E-state index in [0.29, 0.717) is 6.61 Å². The van der Waals surface area contributed by atoms with Crippen LogP contribution in [-0.2, 0) is 6.54 Å². The highest BCUT2D eigenvalue weighted by molar-refractivity contribution is 5.19. The molecule has 0 bridgehead atoms. The number of ether oxygens (including phenoxy) is 1. The molecule has 0 aliphatic heterocycles. The van der Waals surface area contributed by atoms with Gasteiger partial charge >= 0.3 is 0 Å². The molecule has 0 aliphatic carbocycles. The Hall–Kier alpha value is -1.35. The van der Waals surface area contributed by atoms with Gasteiger partial charge in [-0.25, -0.2) is 0 Å². The van der Waals surface area contributed by atoms with Gasteiger partial charge in [-0.15, -0.1) is 6.58 Å². The minimum Gasteiger partial charge on any atom is -0.492 e. The molecule has 0 fully saturated rings. The maximum Gasteiger partial charge on any atom is 0.137 e. The SMILES string of the molecule is C=CCCOc1ccc(CNC(C)(C)C)nc1. The normalized spacial score (nSPS) is 11.2. The molecule has 0 unspecified atom stereocenters. The second-order valence-electron chi connectivity index (χ2n) is 5.01. The van der Waals surface area contributed by atoms with E-state index in [2.05, 4.69) is 37.7 Å². The van der Waals surface area contributed by atoms with Gasteiger partial charge in [0.15, 0.2) is 0 Å². The molecule has 1 aromatic rings. The predicted octanol–water partition coefficient (Wildman–Crippen LogP) is 2.92. The Bertz CT molecular complexity index is 338. The standard InChI is InChI=1S/C14H22N2O/c1-5-6-9-17-13-8-7-12(15-11-13)10-16-14(2,3)4/h5,7-8,11,16H,1,6,9-10H2,2-4H3. The number of hydrogen-bond acceptors (Lipinski definition) is 3. The molecular formula is C14H22N2O. The van der Waals surface area contributed by atoms with E-state index in [1.54, 1.807) is 6.20 Å². The molecule has 0 aliphatic rings. The van der Waals surface area contributed by atoms with Crippen molar-refractivity contribution in [2.75, 3.05) is 6.61 Å². The molecule has 0 aromatic carbocycles. The lowest BCUT2D eigenvalue weighted by Crippen LogP contribution is -2.35. The summed E-state index contributed by atoms with van der Waals surface area (Å²) in [7, 11) is 0. The van der Waals surface area contributed by atoms with E-state index in [1.807, 2.05) is 18.2 Å². The van der Waals surface area contributed by atoms with Crippen molar-refractivity contribution >= 4 is 0 Å². The van der Waals surface area contributed by atoms with Crippen LogP contribution in [0.15, 0.2) is 31.0 Å². The first-order valence-electron chi connectivity index (χ1n) is 5.95. The monoisotopic (exact) mass is 234 g/mol. The van der Waals surface area contributed by atoms with Gasteiger partial charge in [-0.05, 0) is 39.3 Å². The highest BCUT2D eigenvalue weighted by Gasteiger charge is 2.08. The van der Waals surface area contributed by atoms with Gasteiger partial charge in [0, 0.05) is 12.1 Å². The Morgan fingerprint density at radius 2 is 2.18 bits per heavy atom. The summed E-state index contributed by atoms with van der Waals surface area (Å²) in [5, 5.41) is 3.39. The molecule has 0 saturated heterocycles. The summed E-state index contributed by atoms with van der Waals surface area (Å²) in [6.07, 6.45) is 4.46. The van der Waals surface area contributed by atoms with Crippen molar-refractivity contribution < 1.29 is 4.74 Å². The van der Waals surface area contributed by atoms with E-state index in [9.17, 15) is 0 Å². The summed E-state index contributed by atoms with van der Waals surface area (Å²) in [6, 6.07) is 3.94. The molecule has 3 nitrogen and oxygen atoms in total. The third-order valence-corrected chi connectivity index (χ3v) is 2.19. The molecule has 94 valence electrons. The van der Waals surface area contributed by atoms with E-state index >= 15 is 0 Å². The van der Waals surface area contributed by atoms with Crippen LogP contribution in [0.1, 0.15) is 32.9 Å². The molecule has 1 rings (SSSR count). The average Bonchev–Trinajstić information content (AvgIpc) is 2.27. The first kappa shape index (κ1) is 13.7. The number of pyridine rings is 1. The van der Waals surface area contributed by atoms with Crippen LogP contribution in [0.2, 0.25) is 0 Å². The quantitative estimate of drug-likeness (QED) is 0.607. The predicted molar refractivity (Wildman–Crippen MR) is 71.1 cm³/mol. The number of rotatable bonds is 6. The zero-order chi connectivity index (χ0) is 12.7. The molecular weight excluding hydrogens is 212 g/mol. The molecule has 0 atom stereocenters. The van der Waals surface area contributed by atoms with Crippen LogP contribution in [0, 0.1) is 0 Å². The maximum atomic E-state index is 5.49.